The molecule has 0 bridgehead atoms. The Morgan fingerprint density at radius 2 is 1.65 bits per heavy atom. The van der Waals surface area contributed by atoms with Gasteiger partial charge in [0.15, 0.2) is 0 Å². The molecule has 6 rings (SSSR count). The van der Waals surface area contributed by atoms with Crippen LogP contribution in [0, 0.1) is 5.41 Å². The number of nitrogens with zero attached hydrogens (tertiary/aromatic N) is 6. The minimum absolute atomic E-state index is 0.116. The van der Waals surface area contributed by atoms with Crippen LogP contribution in [0.25, 0.3) is 0 Å². The van der Waals surface area contributed by atoms with Crippen LogP contribution in [0.2, 0.25) is 0 Å². The number of nitrogens with one attached hydrogen (secondary N) is 1. The quantitative estimate of drug-likeness (QED) is 0.449. The van der Waals surface area contributed by atoms with Gasteiger partial charge in [-0.3, -0.25) is 9.88 Å². The van der Waals surface area contributed by atoms with Crippen LogP contribution in [-0.2, 0) is 17.8 Å². The van der Waals surface area contributed by atoms with Crippen LogP contribution in [0.1, 0.15) is 50.8 Å². The lowest BCUT2D eigenvalue weighted by Gasteiger charge is -2.48. The second-order valence-corrected chi connectivity index (χ2v) is 12.5. The first-order valence-electron chi connectivity index (χ1n) is 14.9. The van der Waals surface area contributed by atoms with Gasteiger partial charge in [0.2, 0.25) is 0 Å². The fourth-order valence-corrected chi connectivity index (χ4v) is 6.16. The highest BCUT2D eigenvalue weighted by Gasteiger charge is 2.40. The number of hydrogen-bond donors (Lipinski definition) is 1. The maximum absolute atomic E-state index is 6.45. The molecule has 3 aliphatic rings. The van der Waals surface area contributed by atoms with Gasteiger partial charge in [-0.05, 0) is 61.9 Å². The van der Waals surface area contributed by atoms with Gasteiger partial charge in [-0.15, -0.1) is 0 Å². The number of morpholine rings is 1. The maximum Gasteiger partial charge on any atom is 0.134 e. The van der Waals surface area contributed by atoms with Gasteiger partial charge in [-0.2, -0.15) is 0 Å². The summed E-state index contributed by atoms with van der Waals surface area (Å²) < 4.78 is 6.45. The third-order valence-corrected chi connectivity index (χ3v) is 8.99. The Morgan fingerprint density at radius 3 is 2.40 bits per heavy atom. The molecule has 0 atom stereocenters. The van der Waals surface area contributed by atoms with Gasteiger partial charge in [0.25, 0.3) is 0 Å². The standard InChI is InChI=1S/C32H43N7O/c1-31(2)10-14-37(15-11-31)23-27-8-9-28(22-33-27)39-18-19-40-32(24-39)12-16-38(17-13-32)30-20-29(35-25-36-30)34-21-26-6-4-3-5-7-26/h3-9,20,22,25H,10-19,21,23-24H2,1-2H3,(H,34,35,36). The topological polar surface area (TPSA) is 69.7 Å². The van der Waals surface area contributed by atoms with Crippen molar-refractivity contribution in [2.75, 3.05) is 61.0 Å². The molecule has 3 saturated heterocycles. The predicted molar refractivity (Wildman–Crippen MR) is 161 cm³/mol. The molecular weight excluding hydrogens is 498 g/mol. The second kappa shape index (κ2) is 11.7. The minimum atomic E-state index is -0.116. The zero-order valence-corrected chi connectivity index (χ0v) is 24.1. The lowest BCUT2D eigenvalue weighted by molar-refractivity contribution is -0.0705. The van der Waals surface area contributed by atoms with E-state index in [1.54, 1.807) is 6.33 Å². The highest BCUT2D eigenvalue weighted by atomic mass is 16.5. The van der Waals surface area contributed by atoms with Crippen molar-refractivity contribution in [3.05, 3.63) is 72.3 Å². The molecule has 3 aromatic rings. The Bertz CT molecular complexity index is 1230. The van der Waals surface area contributed by atoms with Gasteiger partial charge in [-0.25, -0.2) is 9.97 Å². The SMILES string of the molecule is CC1(C)CCN(Cc2ccc(N3CCOC4(CCN(c5cc(NCc6ccccc6)ncn5)CC4)C3)cn2)CC1. The van der Waals surface area contributed by atoms with Crippen LogP contribution in [0.15, 0.2) is 61.1 Å². The molecule has 5 heterocycles. The van der Waals surface area contributed by atoms with Crippen LogP contribution in [0.5, 0.6) is 0 Å². The second-order valence-electron chi connectivity index (χ2n) is 12.5. The summed E-state index contributed by atoms with van der Waals surface area (Å²) >= 11 is 0. The summed E-state index contributed by atoms with van der Waals surface area (Å²) in [6.07, 6.45) is 8.23. The van der Waals surface area contributed by atoms with Crippen molar-refractivity contribution in [1.82, 2.24) is 19.9 Å². The van der Waals surface area contributed by atoms with Gasteiger partial charge < -0.3 is 19.9 Å². The van der Waals surface area contributed by atoms with Crippen LogP contribution in [-0.4, -0.2) is 71.3 Å². The molecule has 3 aliphatic heterocycles. The lowest BCUT2D eigenvalue weighted by Crippen LogP contribution is -2.57. The number of benzene rings is 1. The molecule has 0 amide bonds. The molecule has 8 nitrogen and oxygen atoms in total. The molecule has 1 N–H and O–H groups in total. The fraction of sp³-hybridized carbons (Fsp3) is 0.531. The van der Waals surface area contributed by atoms with Crippen molar-refractivity contribution in [1.29, 1.82) is 0 Å². The third kappa shape index (κ3) is 6.56. The summed E-state index contributed by atoms with van der Waals surface area (Å²) in [7, 11) is 0. The number of rotatable bonds is 7. The number of likely N-dealkylation sites (tertiary alicyclic amines) is 1. The molecule has 1 aromatic carbocycles. The molecule has 3 fully saturated rings. The molecule has 8 heteroatoms. The normalized spacial score (nSPS) is 20.9. The van der Waals surface area contributed by atoms with Crippen molar-refractivity contribution in [3.8, 4) is 0 Å². The summed E-state index contributed by atoms with van der Waals surface area (Å²) in [5.41, 5.74) is 3.97. The fourth-order valence-electron chi connectivity index (χ4n) is 6.16. The van der Waals surface area contributed by atoms with Gasteiger partial charge in [-0.1, -0.05) is 44.2 Å². The summed E-state index contributed by atoms with van der Waals surface area (Å²) in [4.78, 5) is 21.3. The maximum atomic E-state index is 6.45. The van der Waals surface area contributed by atoms with E-state index in [1.807, 2.05) is 6.07 Å². The van der Waals surface area contributed by atoms with Crippen LogP contribution in [0.3, 0.4) is 0 Å². The largest absolute Gasteiger partial charge is 0.371 e. The van der Waals surface area contributed by atoms with Crippen molar-refractivity contribution >= 4 is 17.3 Å². The van der Waals surface area contributed by atoms with E-state index < -0.39 is 0 Å². The van der Waals surface area contributed by atoms with E-state index in [0.717, 1.165) is 70.4 Å². The first-order valence-corrected chi connectivity index (χ1v) is 14.9. The number of piperidine rings is 2. The monoisotopic (exact) mass is 541 g/mol. The molecule has 0 saturated carbocycles. The molecular formula is C32H43N7O. The Kier molecular flexibility index (Phi) is 7.89. The zero-order valence-electron chi connectivity index (χ0n) is 24.1. The Balaban J connectivity index is 1.02. The predicted octanol–water partition coefficient (Wildman–Crippen LogP) is 4.98. The molecule has 1 spiro atoms. The number of aromatic nitrogens is 3. The van der Waals surface area contributed by atoms with E-state index in [1.165, 1.54) is 42.9 Å². The first kappa shape index (κ1) is 27.0. The molecule has 0 aliphatic carbocycles. The van der Waals surface area contributed by atoms with Gasteiger partial charge in [0, 0.05) is 45.3 Å². The highest BCUT2D eigenvalue weighted by molar-refractivity contribution is 5.50. The Morgan fingerprint density at radius 1 is 0.850 bits per heavy atom. The Labute approximate surface area is 238 Å². The molecule has 0 radical (unpaired) electrons. The molecule has 212 valence electrons. The molecule has 40 heavy (non-hydrogen) atoms. The molecule has 2 aromatic heterocycles. The molecule has 0 unspecified atom stereocenters. The number of hydrogen-bond acceptors (Lipinski definition) is 8. The summed E-state index contributed by atoms with van der Waals surface area (Å²) in [5, 5.41) is 3.43. The van der Waals surface area contributed by atoms with Gasteiger partial charge in [0.05, 0.1) is 29.8 Å². The summed E-state index contributed by atoms with van der Waals surface area (Å²) in [6, 6.07) is 16.9. The van der Waals surface area contributed by atoms with E-state index in [4.69, 9.17) is 9.72 Å². The lowest BCUT2D eigenvalue weighted by atomic mass is 9.83. The van der Waals surface area contributed by atoms with Crippen molar-refractivity contribution in [3.63, 3.8) is 0 Å². The van der Waals surface area contributed by atoms with Crippen molar-refractivity contribution in [2.24, 2.45) is 5.41 Å². The zero-order chi connectivity index (χ0) is 27.4. The van der Waals surface area contributed by atoms with Gasteiger partial charge >= 0.3 is 0 Å². The average molecular weight is 542 g/mol. The van der Waals surface area contributed by atoms with Gasteiger partial charge in [0.1, 0.15) is 18.0 Å². The van der Waals surface area contributed by atoms with Crippen molar-refractivity contribution in [2.45, 2.75) is 58.2 Å². The van der Waals surface area contributed by atoms with E-state index in [9.17, 15) is 0 Å². The Hall–Kier alpha value is -3.23. The van der Waals surface area contributed by atoms with E-state index in [0.29, 0.717) is 5.41 Å². The van der Waals surface area contributed by atoms with Crippen LogP contribution in [0.4, 0.5) is 17.3 Å². The minimum Gasteiger partial charge on any atom is -0.371 e. The van der Waals surface area contributed by atoms with E-state index >= 15 is 0 Å². The first-order chi connectivity index (χ1) is 19.5. The third-order valence-electron chi connectivity index (χ3n) is 8.99. The van der Waals surface area contributed by atoms with E-state index in [-0.39, 0.29) is 5.60 Å². The smallest absolute Gasteiger partial charge is 0.134 e. The average Bonchev–Trinajstić information content (AvgIpc) is 2.99. The summed E-state index contributed by atoms with van der Waals surface area (Å²) in [6.45, 7) is 13.2. The van der Waals surface area contributed by atoms with Crippen molar-refractivity contribution < 1.29 is 4.74 Å². The number of anilines is 3. The number of pyridine rings is 1. The summed E-state index contributed by atoms with van der Waals surface area (Å²) in [5.74, 6) is 1.83. The highest BCUT2D eigenvalue weighted by Crippen LogP contribution is 2.34. The van der Waals surface area contributed by atoms with Crippen LogP contribution >= 0.6 is 0 Å². The van der Waals surface area contributed by atoms with E-state index in [2.05, 4.69) is 92.5 Å². The number of ether oxygens (including phenoxy) is 1. The van der Waals surface area contributed by atoms with Crippen LogP contribution < -0.4 is 15.1 Å².